The lowest BCUT2D eigenvalue weighted by Gasteiger charge is -2.30. The first-order chi connectivity index (χ1) is 9.60. The highest BCUT2D eigenvalue weighted by Gasteiger charge is 2.39. The Bertz CT molecular complexity index is 500. The molecule has 0 N–H and O–H groups in total. The molecule has 5 heteroatoms. The summed E-state index contributed by atoms with van der Waals surface area (Å²) in [5.74, 6) is 1.55. The molecule has 3 nitrogen and oxygen atoms in total. The molecule has 1 saturated heterocycles. The molecular formula is C15H18BrClO3. The molecule has 0 spiro atoms. The lowest BCUT2D eigenvalue weighted by molar-refractivity contribution is 0.0162. The van der Waals surface area contributed by atoms with Crippen LogP contribution in [0.5, 0.6) is 11.5 Å². The third-order valence-electron chi connectivity index (χ3n) is 3.93. The first-order valence-electron chi connectivity index (χ1n) is 6.97. The molecule has 3 rings (SSSR count). The Morgan fingerprint density at radius 2 is 1.85 bits per heavy atom. The lowest BCUT2D eigenvalue weighted by Crippen LogP contribution is -2.29. The van der Waals surface area contributed by atoms with E-state index in [1.165, 1.54) is 0 Å². The zero-order valence-corrected chi connectivity index (χ0v) is 13.8. The predicted octanol–water partition coefficient (Wildman–Crippen LogP) is 4.46. The highest BCUT2D eigenvalue weighted by Crippen LogP contribution is 2.47. The molecule has 0 amide bonds. The van der Waals surface area contributed by atoms with Crippen molar-refractivity contribution in [2.24, 2.45) is 0 Å². The van der Waals surface area contributed by atoms with Gasteiger partial charge in [0.25, 0.3) is 0 Å². The number of alkyl halides is 1. The molecule has 0 bridgehead atoms. The van der Waals surface area contributed by atoms with Crippen LogP contribution in [0, 0.1) is 0 Å². The van der Waals surface area contributed by atoms with E-state index in [1.54, 1.807) is 0 Å². The summed E-state index contributed by atoms with van der Waals surface area (Å²) < 4.78 is 18.2. The van der Waals surface area contributed by atoms with Crippen LogP contribution in [-0.2, 0) is 4.74 Å². The number of hydrogen-bond acceptors (Lipinski definition) is 3. The minimum atomic E-state index is -0.316. The Kier molecular flexibility index (Phi) is 4.16. The van der Waals surface area contributed by atoms with Crippen LogP contribution >= 0.6 is 27.5 Å². The quantitative estimate of drug-likeness (QED) is 0.728. The molecule has 2 aliphatic heterocycles. The van der Waals surface area contributed by atoms with E-state index in [9.17, 15) is 0 Å². The van der Waals surface area contributed by atoms with Crippen molar-refractivity contribution in [3.63, 3.8) is 0 Å². The summed E-state index contributed by atoms with van der Waals surface area (Å²) in [5.41, 5.74) is 0.685. The maximum Gasteiger partial charge on any atom is 0.162 e. The van der Waals surface area contributed by atoms with Crippen molar-refractivity contribution >= 4 is 27.5 Å². The van der Waals surface area contributed by atoms with Gasteiger partial charge in [-0.3, -0.25) is 0 Å². The smallest absolute Gasteiger partial charge is 0.162 e. The average molecular weight is 362 g/mol. The molecule has 0 aromatic heterocycles. The molecule has 20 heavy (non-hydrogen) atoms. The van der Waals surface area contributed by atoms with E-state index in [-0.39, 0.29) is 11.0 Å². The third-order valence-corrected chi connectivity index (χ3v) is 5.31. The van der Waals surface area contributed by atoms with Crippen LogP contribution in [0.15, 0.2) is 16.6 Å². The van der Waals surface area contributed by atoms with Crippen LogP contribution in [0.4, 0.5) is 0 Å². The maximum atomic E-state index is 6.69. The molecule has 0 saturated carbocycles. The number of rotatable bonds is 2. The maximum absolute atomic E-state index is 6.69. The van der Waals surface area contributed by atoms with E-state index in [0.717, 1.165) is 47.4 Å². The van der Waals surface area contributed by atoms with Gasteiger partial charge in [-0.25, -0.2) is 0 Å². The minimum Gasteiger partial charge on any atom is -0.490 e. The molecule has 2 unspecified atom stereocenters. The fourth-order valence-electron chi connectivity index (χ4n) is 2.72. The van der Waals surface area contributed by atoms with Crippen LogP contribution < -0.4 is 9.47 Å². The predicted molar refractivity (Wildman–Crippen MR) is 81.9 cm³/mol. The van der Waals surface area contributed by atoms with Crippen LogP contribution in [0.2, 0.25) is 0 Å². The van der Waals surface area contributed by atoms with E-state index in [0.29, 0.717) is 13.2 Å². The highest BCUT2D eigenvalue weighted by molar-refractivity contribution is 9.10. The van der Waals surface area contributed by atoms with Crippen molar-refractivity contribution in [3.8, 4) is 11.5 Å². The van der Waals surface area contributed by atoms with E-state index in [1.807, 2.05) is 12.1 Å². The topological polar surface area (TPSA) is 27.7 Å². The molecule has 2 heterocycles. The Labute approximate surface area is 132 Å². The molecular weight excluding hydrogens is 344 g/mol. The first kappa shape index (κ1) is 14.5. The summed E-state index contributed by atoms with van der Waals surface area (Å²) in [7, 11) is 0. The van der Waals surface area contributed by atoms with E-state index in [4.69, 9.17) is 25.8 Å². The van der Waals surface area contributed by atoms with Gasteiger partial charge in [0.1, 0.15) is 0 Å². The first-order valence-corrected chi connectivity index (χ1v) is 8.20. The summed E-state index contributed by atoms with van der Waals surface area (Å²) in [6.45, 7) is 4.22. The van der Waals surface area contributed by atoms with Gasteiger partial charge in [-0.15, -0.1) is 11.6 Å². The second-order valence-corrected chi connectivity index (χ2v) is 6.79. The van der Waals surface area contributed by atoms with Crippen LogP contribution in [0.1, 0.15) is 37.1 Å². The van der Waals surface area contributed by atoms with Gasteiger partial charge in [0.15, 0.2) is 11.5 Å². The van der Waals surface area contributed by atoms with Crippen LogP contribution in [0.25, 0.3) is 0 Å². The zero-order chi connectivity index (χ0) is 14.2. The summed E-state index contributed by atoms with van der Waals surface area (Å²) in [4.78, 5) is 0. The van der Waals surface area contributed by atoms with Crippen molar-refractivity contribution in [2.75, 3.05) is 19.8 Å². The SMILES string of the molecule is CC1(C(Cl)c2cc3c(cc2Br)OCCCO3)CCCO1. The summed E-state index contributed by atoms with van der Waals surface area (Å²) in [6.07, 6.45) is 2.93. The molecule has 2 atom stereocenters. The minimum absolute atomic E-state index is 0.212. The van der Waals surface area contributed by atoms with Crippen molar-refractivity contribution in [3.05, 3.63) is 22.2 Å². The van der Waals surface area contributed by atoms with Gasteiger partial charge in [0, 0.05) is 17.5 Å². The van der Waals surface area contributed by atoms with Gasteiger partial charge >= 0.3 is 0 Å². The van der Waals surface area contributed by atoms with Gasteiger partial charge in [0.2, 0.25) is 0 Å². The molecule has 110 valence electrons. The van der Waals surface area contributed by atoms with Crippen molar-refractivity contribution in [2.45, 2.75) is 37.2 Å². The Morgan fingerprint density at radius 1 is 1.15 bits per heavy atom. The largest absolute Gasteiger partial charge is 0.490 e. The Balaban J connectivity index is 1.95. The summed E-state index contributed by atoms with van der Waals surface area (Å²) in [6, 6.07) is 3.93. The van der Waals surface area contributed by atoms with Gasteiger partial charge in [0.05, 0.1) is 24.2 Å². The Morgan fingerprint density at radius 3 is 2.50 bits per heavy atom. The number of ether oxygens (including phenoxy) is 3. The third kappa shape index (κ3) is 2.66. The monoisotopic (exact) mass is 360 g/mol. The fourth-order valence-corrected chi connectivity index (χ4v) is 3.76. The number of halogens is 2. The van der Waals surface area contributed by atoms with Crippen molar-refractivity contribution in [1.82, 2.24) is 0 Å². The second-order valence-electron chi connectivity index (χ2n) is 5.50. The molecule has 1 aromatic carbocycles. The van der Waals surface area contributed by atoms with Crippen LogP contribution in [0.3, 0.4) is 0 Å². The summed E-state index contributed by atoms with van der Waals surface area (Å²) >= 11 is 10.3. The van der Waals surface area contributed by atoms with Gasteiger partial charge in [-0.2, -0.15) is 0 Å². The van der Waals surface area contributed by atoms with Crippen molar-refractivity contribution in [1.29, 1.82) is 0 Å². The number of hydrogen-bond donors (Lipinski definition) is 0. The normalized spacial score (nSPS) is 27.1. The van der Waals surface area contributed by atoms with Gasteiger partial charge in [-0.05, 0) is 37.5 Å². The molecule has 2 aliphatic rings. The number of benzene rings is 1. The molecule has 0 aliphatic carbocycles. The van der Waals surface area contributed by atoms with Gasteiger partial charge < -0.3 is 14.2 Å². The van der Waals surface area contributed by atoms with E-state index < -0.39 is 0 Å². The van der Waals surface area contributed by atoms with Crippen molar-refractivity contribution < 1.29 is 14.2 Å². The average Bonchev–Trinajstić information content (AvgIpc) is 2.75. The van der Waals surface area contributed by atoms with E-state index >= 15 is 0 Å². The fraction of sp³-hybridized carbons (Fsp3) is 0.600. The molecule has 0 radical (unpaired) electrons. The molecule has 1 aromatic rings. The van der Waals surface area contributed by atoms with E-state index in [2.05, 4.69) is 22.9 Å². The second kappa shape index (κ2) is 5.74. The highest BCUT2D eigenvalue weighted by atomic mass is 79.9. The van der Waals surface area contributed by atoms with Gasteiger partial charge in [-0.1, -0.05) is 15.9 Å². The summed E-state index contributed by atoms with van der Waals surface area (Å²) in [5, 5.41) is -0.212. The molecule has 1 fully saturated rings. The standard InChI is InChI=1S/C15H18BrClO3/c1-15(4-2-7-20-15)14(17)10-8-12-13(9-11(10)16)19-6-3-5-18-12/h8-9,14H,2-7H2,1H3. The zero-order valence-electron chi connectivity index (χ0n) is 11.5. The lowest BCUT2D eigenvalue weighted by atomic mass is 9.93. The Hall–Kier alpha value is -0.450. The number of fused-ring (bicyclic) bond motifs is 1. The van der Waals surface area contributed by atoms with Crippen LogP contribution in [-0.4, -0.2) is 25.4 Å².